The van der Waals surface area contributed by atoms with Crippen LogP contribution in [0, 0.1) is 5.41 Å². The van der Waals surface area contributed by atoms with Gasteiger partial charge in [-0.2, -0.15) is 0 Å². The van der Waals surface area contributed by atoms with E-state index in [1.807, 2.05) is 0 Å². The Hall–Kier alpha value is -0.570. The number of nitrogens with one attached hydrogen (secondary N) is 1. The fourth-order valence-corrected chi connectivity index (χ4v) is 0.818. The number of rotatable bonds is 5. The Kier molecular flexibility index (Phi) is 4.94. The van der Waals surface area contributed by atoms with Crippen molar-refractivity contribution in [2.45, 2.75) is 20.3 Å². The van der Waals surface area contributed by atoms with E-state index in [4.69, 9.17) is 11.1 Å². The Bertz CT molecular complexity index is 97.0. The number of hydrogen-bond acceptors (Lipinski definition) is 2. The average Bonchev–Trinajstić information content (AvgIpc) is 1.90. The summed E-state index contributed by atoms with van der Waals surface area (Å²) in [5, 5.41) is 6.99. The maximum atomic E-state index is 6.99. The summed E-state index contributed by atoms with van der Waals surface area (Å²) < 4.78 is 0. The third-order valence-electron chi connectivity index (χ3n) is 1.59. The highest BCUT2D eigenvalue weighted by Crippen LogP contribution is 1.88. The van der Waals surface area contributed by atoms with Gasteiger partial charge in [-0.25, -0.2) is 0 Å². The standard InChI is InChI=1S/C7H17N3/c1-3-10(4-2)6-5-7(8)9/h3-6H2,1-2H3,(H3,8,9). The van der Waals surface area contributed by atoms with Crippen molar-refractivity contribution in [1.29, 1.82) is 5.41 Å². The van der Waals surface area contributed by atoms with E-state index in [0.29, 0.717) is 6.42 Å². The molecule has 0 amide bonds. The fourth-order valence-electron chi connectivity index (χ4n) is 0.818. The average molecular weight is 143 g/mol. The van der Waals surface area contributed by atoms with E-state index in [9.17, 15) is 0 Å². The lowest BCUT2D eigenvalue weighted by Crippen LogP contribution is -2.27. The third kappa shape index (κ3) is 4.32. The minimum Gasteiger partial charge on any atom is -0.388 e. The molecule has 0 spiro atoms. The van der Waals surface area contributed by atoms with Crippen LogP contribution in [0.4, 0.5) is 0 Å². The molecule has 0 unspecified atom stereocenters. The molecule has 0 atom stereocenters. The minimum atomic E-state index is 0.284. The SMILES string of the molecule is CCN(CC)CCC(=N)N. The molecule has 0 fully saturated rings. The van der Waals surface area contributed by atoms with Gasteiger partial charge in [-0.05, 0) is 13.1 Å². The summed E-state index contributed by atoms with van der Waals surface area (Å²) in [7, 11) is 0. The fraction of sp³-hybridized carbons (Fsp3) is 0.857. The highest BCUT2D eigenvalue weighted by Gasteiger charge is 1.97. The van der Waals surface area contributed by atoms with Gasteiger partial charge in [0.25, 0.3) is 0 Å². The van der Waals surface area contributed by atoms with Crippen LogP contribution in [0.15, 0.2) is 0 Å². The van der Waals surface area contributed by atoms with Crippen molar-refractivity contribution in [1.82, 2.24) is 4.90 Å². The van der Waals surface area contributed by atoms with Crippen LogP contribution in [0.5, 0.6) is 0 Å². The summed E-state index contributed by atoms with van der Waals surface area (Å²) in [5.41, 5.74) is 5.21. The highest BCUT2D eigenvalue weighted by atomic mass is 15.1. The number of nitrogens with zero attached hydrogens (tertiary/aromatic N) is 1. The van der Waals surface area contributed by atoms with Crippen LogP contribution in [0.2, 0.25) is 0 Å². The quantitative estimate of drug-likeness (QED) is 0.438. The molecule has 10 heavy (non-hydrogen) atoms. The highest BCUT2D eigenvalue weighted by molar-refractivity contribution is 5.76. The van der Waals surface area contributed by atoms with Gasteiger partial charge < -0.3 is 10.6 Å². The molecule has 0 radical (unpaired) electrons. The van der Waals surface area contributed by atoms with Gasteiger partial charge in [0, 0.05) is 13.0 Å². The van der Waals surface area contributed by atoms with Gasteiger partial charge in [-0.3, -0.25) is 5.41 Å². The second-order valence-electron chi connectivity index (χ2n) is 2.30. The summed E-state index contributed by atoms with van der Waals surface area (Å²) in [4.78, 5) is 2.25. The van der Waals surface area contributed by atoms with Crippen molar-refractivity contribution in [3.8, 4) is 0 Å². The van der Waals surface area contributed by atoms with E-state index in [0.717, 1.165) is 19.6 Å². The molecule has 0 aliphatic heterocycles. The Morgan fingerprint density at radius 2 is 1.90 bits per heavy atom. The van der Waals surface area contributed by atoms with Gasteiger partial charge in [-0.1, -0.05) is 13.8 Å². The molecule has 3 heteroatoms. The van der Waals surface area contributed by atoms with E-state index in [1.165, 1.54) is 0 Å². The van der Waals surface area contributed by atoms with Crippen LogP contribution in [0.1, 0.15) is 20.3 Å². The first kappa shape index (κ1) is 9.43. The van der Waals surface area contributed by atoms with E-state index in [-0.39, 0.29) is 5.84 Å². The van der Waals surface area contributed by atoms with E-state index >= 15 is 0 Å². The second-order valence-corrected chi connectivity index (χ2v) is 2.30. The zero-order valence-corrected chi connectivity index (χ0v) is 6.85. The van der Waals surface area contributed by atoms with Crippen LogP contribution in [0.3, 0.4) is 0 Å². The normalized spacial score (nSPS) is 10.3. The van der Waals surface area contributed by atoms with Gasteiger partial charge in [0.05, 0.1) is 5.84 Å². The lowest BCUT2D eigenvalue weighted by atomic mass is 10.3. The number of hydrogen-bond donors (Lipinski definition) is 2. The molecular formula is C7H17N3. The lowest BCUT2D eigenvalue weighted by Gasteiger charge is -2.16. The monoisotopic (exact) mass is 143 g/mol. The molecule has 0 bridgehead atoms. The van der Waals surface area contributed by atoms with Crippen molar-refractivity contribution in [3.63, 3.8) is 0 Å². The predicted molar refractivity (Wildman–Crippen MR) is 44.3 cm³/mol. The van der Waals surface area contributed by atoms with Crippen molar-refractivity contribution in [2.24, 2.45) is 5.73 Å². The lowest BCUT2D eigenvalue weighted by molar-refractivity contribution is 0.313. The minimum absolute atomic E-state index is 0.284. The maximum Gasteiger partial charge on any atom is 0.0918 e. The first-order valence-corrected chi connectivity index (χ1v) is 3.76. The molecular weight excluding hydrogens is 126 g/mol. The molecule has 0 aromatic rings. The molecule has 3 nitrogen and oxygen atoms in total. The molecule has 0 aliphatic rings. The van der Waals surface area contributed by atoms with Crippen molar-refractivity contribution in [3.05, 3.63) is 0 Å². The zero-order valence-electron chi connectivity index (χ0n) is 6.85. The summed E-state index contributed by atoms with van der Waals surface area (Å²) >= 11 is 0. The second kappa shape index (κ2) is 5.23. The molecule has 0 aromatic carbocycles. The summed E-state index contributed by atoms with van der Waals surface area (Å²) in [6, 6.07) is 0. The van der Waals surface area contributed by atoms with Crippen LogP contribution in [0.25, 0.3) is 0 Å². The third-order valence-corrected chi connectivity index (χ3v) is 1.59. The maximum absolute atomic E-state index is 6.99. The molecule has 0 aromatic heterocycles. The Labute approximate surface area is 62.7 Å². The van der Waals surface area contributed by atoms with Crippen molar-refractivity contribution < 1.29 is 0 Å². The number of nitrogens with two attached hydrogens (primary N) is 1. The summed E-state index contributed by atoms with van der Waals surface area (Å²) in [5.74, 6) is 0.284. The van der Waals surface area contributed by atoms with Crippen molar-refractivity contribution >= 4 is 5.84 Å². The Morgan fingerprint density at radius 1 is 1.40 bits per heavy atom. The number of amidine groups is 1. The summed E-state index contributed by atoms with van der Waals surface area (Å²) in [6.45, 7) is 7.24. The molecule has 0 heterocycles. The predicted octanol–water partition coefficient (Wildman–Crippen LogP) is 0.654. The zero-order chi connectivity index (χ0) is 7.98. The Morgan fingerprint density at radius 3 is 2.20 bits per heavy atom. The van der Waals surface area contributed by atoms with Crippen LogP contribution in [-0.2, 0) is 0 Å². The summed E-state index contributed by atoms with van der Waals surface area (Å²) in [6.07, 6.45) is 0.696. The molecule has 60 valence electrons. The first-order chi connectivity index (χ1) is 4.70. The molecule has 0 saturated carbocycles. The van der Waals surface area contributed by atoms with E-state index in [1.54, 1.807) is 0 Å². The van der Waals surface area contributed by atoms with Gasteiger partial charge in [-0.15, -0.1) is 0 Å². The van der Waals surface area contributed by atoms with Gasteiger partial charge >= 0.3 is 0 Å². The molecule has 0 saturated heterocycles. The molecule has 3 N–H and O–H groups in total. The van der Waals surface area contributed by atoms with E-state index in [2.05, 4.69) is 18.7 Å². The largest absolute Gasteiger partial charge is 0.388 e. The van der Waals surface area contributed by atoms with Gasteiger partial charge in [0.2, 0.25) is 0 Å². The molecule has 0 aliphatic carbocycles. The van der Waals surface area contributed by atoms with Gasteiger partial charge in [0.1, 0.15) is 0 Å². The molecule has 0 rings (SSSR count). The smallest absolute Gasteiger partial charge is 0.0918 e. The van der Waals surface area contributed by atoms with E-state index < -0.39 is 0 Å². The van der Waals surface area contributed by atoms with Crippen LogP contribution < -0.4 is 5.73 Å². The van der Waals surface area contributed by atoms with Crippen molar-refractivity contribution in [2.75, 3.05) is 19.6 Å². The topological polar surface area (TPSA) is 53.1 Å². The van der Waals surface area contributed by atoms with Gasteiger partial charge in [0.15, 0.2) is 0 Å². The Balaban J connectivity index is 3.34. The van der Waals surface area contributed by atoms with Crippen LogP contribution >= 0.6 is 0 Å². The van der Waals surface area contributed by atoms with Crippen LogP contribution in [-0.4, -0.2) is 30.4 Å². The first-order valence-electron chi connectivity index (χ1n) is 3.76.